The van der Waals surface area contributed by atoms with Crippen molar-refractivity contribution in [3.8, 4) is 0 Å². The van der Waals surface area contributed by atoms with Crippen LogP contribution < -0.4 is 4.90 Å². The Hall–Kier alpha value is -1.49. The van der Waals surface area contributed by atoms with E-state index in [0.29, 0.717) is 11.3 Å². The molecule has 0 radical (unpaired) electrons. The summed E-state index contributed by atoms with van der Waals surface area (Å²) in [7, 11) is 2.21. The summed E-state index contributed by atoms with van der Waals surface area (Å²) in [6.45, 7) is 2.48. The first-order chi connectivity index (χ1) is 12.3. The number of aliphatic hydroxyl groups excluding tert-OH is 1. The van der Waals surface area contributed by atoms with Crippen LogP contribution in [0.15, 0.2) is 59.5 Å². The molecule has 1 N–H and O–H groups in total. The Balaban J connectivity index is 1.69. The molecule has 0 saturated carbocycles. The van der Waals surface area contributed by atoms with E-state index < -0.39 is 0 Å². The topological polar surface area (TPSA) is 26.7 Å². The van der Waals surface area contributed by atoms with Crippen molar-refractivity contribution in [1.82, 2.24) is 4.90 Å². The quantitative estimate of drug-likeness (QED) is 0.898. The number of benzene rings is 2. The number of rotatable bonds is 4. The number of para-hydroxylation sites is 1. The lowest BCUT2D eigenvalue weighted by Crippen LogP contribution is -2.43. The maximum atomic E-state index is 10.3. The fraction of sp³-hybridized carbons (Fsp3) is 0.429. The molecule has 2 aromatic carbocycles. The second-order valence-electron chi connectivity index (χ2n) is 7.13. The normalized spacial score (nSPS) is 22.8. The van der Waals surface area contributed by atoms with Gasteiger partial charge in [0.05, 0.1) is 23.7 Å². The Morgan fingerprint density at radius 1 is 1.04 bits per heavy atom. The highest BCUT2D eigenvalue weighted by Crippen LogP contribution is 2.51. The lowest BCUT2D eigenvalue weighted by Gasteiger charge is -2.40. The Morgan fingerprint density at radius 2 is 1.72 bits per heavy atom. The molecule has 1 saturated heterocycles. The molecule has 132 valence electrons. The van der Waals surface area contributed by atoms with E-state index in [1.165, 1.54) is 42.1 Å². The van der Waals surface area contributed by atoms with Gasteiger partial charge in [0.15, 0.2) is 0 Å². The predicted molar refractivity (Wildman–Crippen MR) is 105 cm³/mol. The minimum atomic E-state index is 0.0157. The minimum Gasteiger partial charge on any atom is -0.394 e. The summed E-state index contributed by atoms with van der Waals surface area (Å²) in [4.78, 5) is 6.26. The zero-order chi connectivity index (χ0) is 17.2. The monoisotopic (exact) mass is 354 g/mol. The molecule has 2 aromatic rings. The average molecular weight is 355 g/mol. The maximum absolute atomic E-state index is 10.3. The number of nitrogens with zero attached hydrogens (tertiary/aromatic N) is 2. The molecular weight excluding hydrogens is 328 g/mol. The summed E-state index contributed by atoms with van der Waals surface area (Å²) in [5.74, 6) is 0.659. The second kappa shape index (κ2) is 7.40. The van der Waals surface area contributed by atoms with Gasteiger partial charge in [-0.1, -0.05) is 54.2 Å². The van der Waals surface area contributed by atoms with Crippen molar-refractivity contribution in [3.05, 3.63) is 60.2 Å². The molecule has 2 aliphatic rings. The molecule has 2 heterocycles. The zero-order valence-corrected chi connectivity index (χ0v) is 15.5. The number of likely N-dealkylation sites (tertiary alicyclic amines) is 1. The summed E-state index contributed by atoms with van der Waals surface area (Å²) in [6.07, 6.45) is 2.46. The second-order valence-corrected chi connectivity index (χ2v) is 8.29. The van der Waals surface area contributed by atoms with Gasteiger partial charge in [-0.15, -0.1) is 0 Å². The number of thioether (sulfide) groups is 1. The summed E-state index contributed by atoms with van der Waals surface area (Å²) in [6, 6.07) is 19.1. The van der Waals surface area contributed by atoms with Crippen LogP contribution in [0.3, 0.4) is 0 Å². The van der Waals surface area contributed by atoms with Crippen LogP contribution in [0, 0.1) is 5.92 Å². The lowest BCUT2D eigenvalue weighted by molar-refractivity contribution is 0.204. The molecule has 0 aromatic heterocycles. The van der Waals surface area contributed by atoms with Crippen molar-refractivity contribution in [2.24, 2.45) is 5.92 Å². The first-order valence-electron chi connectivity index (χ1n) is 9.16. The van der Waals surface area contributed by atoms with Gasteiger partial charge in [-0.05, 0) is 56.6 Å². The SMILES string of the molecule is CN1CCC([C@@H]2Sc3ccccc3N2C(CO)c2ccccc2)CC1. The van der Waals surface area contributed by atoms with Crippen LogP contribution in [-0.4, -0.2) is 42.1 Å². The minimum absolute atomic E-state index is 0.0157. The van der Waals surface area contributed by atoms with Crippen LogP contribution in [-0.2, 0) is 0 Å². The summed E-state index contributed by atoms with van der Waals surface area (Å²) >= 11 is 1.99. The third-order valence-corrected chi connectivity index (χ3v) is 6.98. The van der Waals surface area contributed by atoms with Crippen molar-refractivity contribution in [1.29, 1.82) is 0 Å². The van der Waals surface area contributed by atoms with Gasteiger partial charge in [0.25, 0.3) is 0 Å². The molecule has 1 fully saturated rings. The first-order valence-corrected chi connectivity index (χ1v) is 10.0. The van der Waals surface area contributed by atoms with Crippen molar-refractivity contribution < 1.29 is 5.11 Å². The number of fused-ring (bicyclic) bond motifs is 1. The Labute approximate surface area is 154 Å². The third kappa shape index (κ3) is 3.31. The Kier molecular flexibility index (Phi) is 5.02. The van der Waals surface area contributed by atoms with Crippen molar-refractivity contribution in [2.75, 3.05) is 31.6 Å². The molecule has 1 unspecified atom stereocenters. The number of hydrogen-bond donors (Lipinski definition) is 1. The standard InChI is InChI=1S/C21H26N2OS/c1-22-13-11-17(12-14-22)21-23(18-9-5-6-10-20(18)25-21)19(15-24)16-7-3-2-4-8-16/h2-10,17,19,21,24H,11-15H2,1H3/t19?,21-/m0/s1. The van der Waals surface area contributed by atoms with Crippen molar-refractivity contribution in [3.63, 3.8) is 0 Å². The van der Waals surface area contributed by atoms with Crippen molar-refractivity contribution in [2.45, 2.75) is 29.2 Å². The maximum Gasteiger partial charge on any atom is 0.0834 e. The van der Waals surface area contributed by atoms with Gasteiger partial charge in [0.2, 0.25) is 0 Å². The molecular formula is C21H26N2OS. The van der Waals surface area contributed by atoms with E-state index >= 15 is 0 Å². The fourth-order valence-corrected chi connectivity index (χ4v) is 5.66. The van der Waals surface area contributed by atoms with Gasteiger partial charge >= 0.3 is 0 Å². The lowest BCUT2D eigenvalue weighted by atomic mass is 9.94. The molecule has 2 atom stereocenters. The highest BCUT2D eigenvalue weighted by atomic mass is 32.2. The van der Waals surface area contributed by atoms with Crippen LogP contribution in [0.5, 0.6) is 0 Å². The van der Waals surface area contributed by atoms with Crippen LogP contribution in [0.25, 0.3) is 0 Å². The van der Waals surface area contributed by atoms with E-state index in [1.807, 2.05) is 17.8 Å². The number of anilines is 1. The largest absolute Gasteiger partial charge is 0.394 e. The number of hydrogen-bond acceptors (Lipinski definition) is 4. The number of aliphatic hydroxyl groups is 1. The van der Waals surface area contributed by atoms with Crippen LogP contribution in [0.1, 0.15) is 24.4 Å². The number of piperidine rings is 1. The highest BCUT2D eigenvalue weighted by Gasteiger charge is 2.40. The van der Waals surface area contributed by atoms with Gasteiger partial charge in [-0.2, -0.15) is 0 Å². The van der Waals surface area contributed by atoms with Gasteiger partial charge in [-0.25, -0.2) is 0 Å². The van der Waals surface area contributed by atoms with Gasteiger partial charge < -0.3 is 14.9 Å². The summed E-state index contributed by atoms with van der Waals surface area (Å²) in [5, 5.41) is 10.7. The van der Waals surface area contributed by atoms with E-state index in [0.717, 1.165) is 0 Å². The van der Waals surface area contributed by atoms with E-state index in [1.54, 1.807) is 0 Å². The first kappa shape index (κ1) is 17.0. The predicted octanol–water partition coefficient (Wildman–Crippen LogP) is 4.00. The molecule has 4 rings (SSSR count). The molecule has 0 spiro atoms. The highest BCUT2D eigenvalue weighted by molar-refractivity contribution is 8.00. The van der Waals surface area contributed by atoms with E-state index in [4.69, 9.17) is 0 Å². The Bertz CT molecular complexity index is 700. The van der Waals surface area contributed by atoms with E-state index in [-0.39, 0.29) is 12.6 Å². The third-order valence-electron chi connectivity index (χ3n) is 5.52. The van der Waals surface area contributed by atoms with E-state index in [2.05, 4.69) is 65.4 Å². The molecule has 0 aliphatic carbocycles. The van der Waals surface area contributed by atoms with E-state index in [9.17, 15) is 5.11 Å². The summed E-state index contributed by atoms with van der Waals surface area (Å²) in [5.41, 5.74) is 2.47. The molecule has 4 heteroatoms. The fourth-order valence-electron chi connectivity index (χ4n) is 4.11. The molecule has 3 nitrogen and oxygen atoms in total. The van der Waals surface area contributed by atoms with Crippen LogP contribution in [0.4, 0.5) is 5.69 Å². The van der Waals surface area contributed by atoms with Gasteiger partial charge in [-0.3, -0.25) is 0 Å². The molecule has 25 heavy (non-hydrogen) atoms. The zero-order valence-electron chi connectivity index (χ0n) is 14.7. The molecule has 0 amide bonds. The smallest absolute Gasteiger partial charge is 0.0834 e. The Morgan fingerprint density at radius 3 is 2.44 bits per heavy atom. The van der Waals surface area contributed by atoms with Crippen molar-refractivity contribution >= 4 is 17.4 Å². The van der Waals surface area contributed by atoms with Gasteiger partial charge in [0, 0.05) is 4.90 Å². The average Bonchev–Trinajstić information content (AvgIpc) is 3.04. The molecule has 2 aliphatic heterocycles. The molecule has 0 bridgehead atoms. The summed E-state index contributed by atoms with van der Waals surface area (Å²) < 4.78 is 0. The van der Waals surface area contributed by atoms with Gasteiger partial charge in [0.1, 0.15) is 0 Å². The van der Waals surface area contributed by atoms with Crippen LogP contribution in [0.2, 0.25) is 0 Å². The van der Waals surface area contributed by atoms with Crippen LogP contribution >= 0.6 is 11.8 Å².